The average Bonchev–Trinajstić information content (AvgIpc) is 3.17. The molecule has 5 heteroatoms. The molecule has 3 heterocycles. The molecule has 2 saturated heterocycles. The van der Waals surface area contributed by atoms with E-state index in [1.807, 2.05) is 18.4 Å². The van der Waals surface area contributed by atoms with Gasteiger partial charge in [0.05, 0.1) is 24.2 Å². The summed E-state index contributed by atoms with van der Waals surface area (Å²) < 4.78 is 11.4. The van der Waals surface area contributed by atoms with Gasteiger partial charge in [-0.25, -0.2) is 0 Å². The van der Waals surface area contributed by atoms with Crippen LogP contribution in [0, 0.1) is 5.92 Å². The van der Waals surface area contributed by atoms with Crippen molar-refractivity contribution in [3.8, 4) is 5.75 Å². The zero-order chi connectivity index (χ0) is 16.7. The van der Waals surface area contributed by atoms with Gasteiger partial charge in [0, 0.05) is 18.0 Å². The van der Waals surface area contributed by atoms with E-state index >= 15 is 0 Å². The molecule has 2 aliphatic heterocycles. The van der Waals surface area contributed by atoms with E-state index in [9.17, 15) is 0 Å². The average molecular weight is 366 g/mol. The van der Waals surface area contributed by atoms with Crippen LogP contribution < -0.4 is 4.74 Å². The van der Waals surface area contributed by atoms with Gasteiger partial charge in [-0.15, -0.1) is 0 Å². The van der Waals surface area contributed by atoms with Crippen LogP contribution in [-0.4, -0.2) is 30.6 Å². The summed E-state index contributed by atoms with van der Waals surface area (Å²) in [7, 11) is 2.24. The monoisotopic (exact) mass is 365 g/mol. The normalized spacial score (nSPS) is 29.8. The first kappa shape index (κ1) is 16.3. The SMILES string of the molecule is CN1C2CCC1C(COc1cccc(Cl)c1Cl)C(c1ccoc1)C2. The third-order valence-corrected chi connectivity index (χ3v) is 6.55. The smallest absolute Gasteiger partial charge is 0.139 e. The number of nitrogens with zero attached hydrogens (tertiary/aromatic N) is 1. The standard InChI is InChI=1S/C19H21Cl2NO2/c1-22-13-5-6-17(22)15(14(9-13)12-7-8-23-10-12)11-24-18-4-2-3-16(20)19(18)21/h2-4,7-8,10,13-15,17H,5-6,9,11H2,1H3. The van der Waals surface area contributed by atoms with E-state index in [2.05, 4.69) is 18.0 Å². The van der Waals surface area contributed by atoms with E-state index in [0.717, 1.165) is 6.42 Å². The second-order valence-electron chi connectivity index (χ2n) is 6.89. The van der Waals surface area contributed by atoms with E-state index in [1.165, 1.54) is 18.4 Å². The maximum atomic E-state index is 6.27. The van der Waals surface area contributed by atoms with Crippen LogP contribution in [0.5, 0.6) is 5.75 Å². The highest BCUT2D eigenvalue weighted by molar-refractivity contribution is 6.42. The van der Waals surface area contributed by atoms with Crippen molar-refractivity contribution in [2.75, 3.05) is 13.7 Å². The Bertz CT molecular complexity index is 703. The van der Waals surface area contributed by atoms with Crippen LogP contribution in [0.2, 0.25) is 10.0 Å². The zero-order valence-corrected chi connectivity index (χ0v) is 15.1. The highest BCUT2D eigenvalue weighted by Gasteiger charge is 2.46. The molecule has 2 aliphatic rings. The molecule has 3 nitrogen and oxygen atoms in total. The second-order valence-corrected chi connectivity index (χ2v) is 7.67. The molecule has 1 aromatic carbocycles. The fourth-order valence-electron chi connectivity index (χ4n) is 4.46. The van der Waals surface area contributed by atoms with Gasteiger partial charge in [0.25, 0.3) is 0 Å². The molecular weight excluding hydrogens is 345 g/mol. The highest BCUT2D eigenvalue weighted by atomic mass is 35.5. The summed E-state index contributed by atoms with van der Waals surface area (Å²) in [5.74, 6) is 1.55. The summed E-state index contributed by atoms with van der Waals surface area (Å²) in [4.78, 5) is 2.53. The number of hydrogen-bond acceptors (Lipinski definition) is 3. The van der Waals surface area contributed by atoms with E-state index in [-0.39, 0.29) is 0 Å². The number of halogens is 2. The lowest BCUT2D eigenvalue weighted by Crippen LogP contribution is -2.47. The van der Waals surface area contributed by atoms with Gasteiger partial charge >= 0.3 is 0 Å². The Labute approximate surface area is 152 Å². The Morgan fingerprint density at radius 3 is 2.92 bits per heavy atom. The van der Waals surface area contributed by atoms with Crippen molar-refractivity contribution in [1.82, 2.24) is 4.90 Å². The Morgan fingerprint density at radius 2 is 2.12 bits per heavy atom. The largest absolute Gasteiger partial charge is 0.492 e. The van der Waals surface area contributed by atoms with Crippen molar-refractivity contribution >= 4 is 23.2 Å². The second kappa shape index (κ2) is 6.62. The van der Waals surface area contributed by atoms with Crippen molar-refractivity contribution in [3.63, 3.8) is 0 Å². The molecular formula is C19H21Cl2NO2. The molecule has 2 fully saturated rings. The number of rotatable bonds is 4. The van der Waals surface area contributed by atoms with Crippen molar-refractivity contribution < 1.29 is 9.15 Å². The Kier molecular flexibility index (Phi) is 4.50. The van der Waals surface area contributed by atoms with Gasteiger partial charge < -0.3 is 14.1 Å². The predicted octanol–water partition coefficient (Wildman–Crippen LogP) is 5.23. The lowest BCUT2D eigenvalue weighted by Gasteiger charge is -2.42. The molecule has 0 radical (unpaired) electrons. The molecule has 0 saturated carbocycles. The molecule has 2 aromatic rings. The van der Waals surface area contributed by atoms with Crippen molar-refractivity contribution in [1.29, 1.82) is 0 Å². The van der Waals surface area contributed by atoms with Crippen LogP contribution in [0.25, 0.3) is 0 Å². The number of benzene rings is 1. The lowest BCUT2D eigenvalue weighted by atomic mass is 9.77. The van der Waals surface area contributed by atoms with Gasteiger partial charge in [0.15, 0.2) is 0 Å². The third kappa shape index (κ3) is 2.83. The first-order valence-electron chi connectivity index (χ1n) is 8.46. The molecule has 4 unspecified atom stereocenters. The number of furan rings is 1. The highest BCUT2D eigenvalue weighted by Crippen LogP contribution is 2.46. The van der Waals surface area contributed by atoms with Gasteiger partial charge in [-0.05, 0) is 56.0 Å². The quantitative estimate of drug-likeness (QED) is 0.741. The summed E-state index contributed by atoms with van der Waals surface area (Å²) in [5, 5.41) is 1.02. The van der Waals surface area contributed by atoms with Gasteiger partial charge in [-0.1, -0.05) is 29.3 Å². The van der Waals surface area contributed by atoms with Crippen LogP contribution in [0.15, 0.2) is 41.2 Å². The maximum absolute atomic E-state index is 6.27. The zero-order valence-electron chi connectivity index (χ0n) is 13.6. The molecule has 0 spiro atoms. The van der Waals surface area contributed by atoms with Crippen LogP contribution >= 0.6 is 23.2 Å². The molecule has 24 heavy (non-hydrogen) atoms. The van der Waals surface area contributed by atoms with Crippen LogP contribution in [0.4, 0.5) is 0 Å². The van der Waals surface area contributed by atoms with E-state index in [4.69, 9.17) is 32.4 Å². The minimum absolute atomic E-state index is 0.418. The Balaban J connectivity index is 1.57. The molecule has 0 N–H and O–H groups in total. The topological polar surface area (TPSA) is 25.6 Å². The Morgan fingerprint density at radius 1 is 1.25 bits per heavy atom. The molecule has 0 amide bonds. The Hall–Kier alpha value is -1.16. The minimum atomic E-state index is 0.418. The summed E-state index contributed by atoms with van der Waals surface area (Å²) in [6.07, 6.45) is 7.30. The first-order valence-corrected chi connectivity index (χ1v) is 9.21. The molecule has 128 valence electrons. The van der Waals surface area contributed by atoms with Crippen LogP contribution in [0.1, 0.15) is 30.7 Å². The number of hydrogen-bond donors (Lipinski definition) is 0. The maximum Gasteiger partial charge on any atom is 0.139 e. The molecule has 2 bridgehead atoms. The van der Waals surface area contributed by atoms with Gasteiger partial charge in [0.2, 0.25) is 0 Å². The fraction of sp³-hybridized carbons (Fsp3) is 0.474. The van der Waals surface area contributed by atoms with Crippen LogP contribution in [0.3, 0.4) is 0 Å². The fourth-order valence-corrected chi connectivity index (χ4v) is 4.80. The van der Waals surface area contributed by atoms with E-state index < -0.39 is 0 Å². The number of piperidine rings is 1. The summed E-state index contributed by atoms with van der Waals surface area (Å²) in [6.45, 7) is 0.637. The summed E-state index contributed by atoms with van der Waals surface area (Å²) in [5.41, 5.74) is 1.28. The van der Waals surface area contributed by atoms with Crippen molar-refractivity contribution in [2.45, 2.75) is 37.3 Å². The van der Waals surface area contributed by atoms with Gasteiger partial charge in [0.1, 0.15) is 10.8 Å². The van der Waals surface area contributed by atoms with E-state index in [1.54, 1.807) is 12.3 Å². The minimum Gasteiger partial charge on any atom is -0.492 e. The lowest BCUT2D eigenvalue weighted by molar-refractivity contribution is 0.0664. The summed E-state index contributed by atoms with van der Waals surface area (Å²) in [6, 6.07) is 8.83. The molecule has 4 atom stereocenters. The number of ether oxygens (including phenoxy) is 1. The van der Waals surface area contributed by atoms with Gasteiger partial charge in [-0.2, -0.15) is 0 Å². The van der Waals surface area contributed by atoms with E-state index in [0.29, 0.717) is 46.3 Å². The number of fused-ring (bicyclic) bond motifs is 2. The van der Waals surface area contributed by atoms with Crippen molar-refractivity contribution in [2.24, 2.45) is 5.92 Å². The third-order valence-electron chi connectivity index (χ3n) is 5.75. The van der Waals surface area contributed by atoms with Gasteiger partial charge in [-0.3, -0.25) is 0 Å². The molecule has 1 aromatic heterocycles. The van der Waals surface area contributed by atoms with Crippen molar-refractivity contribution in [3.05, 3.63) is 52.4 Å². The molecule has 0 aliphatic carbocycles. The van der Waals surface area contributed by atoms with Crippen LogP contribution in [-0.2, 0) is 0 Å². The predicted molar refractivity (Wildman–Crippen MR) is 96.1 cm³/mol. The summed E-state index contributed by atoms with van der Waals surface area (Å²) >= 11 is 12.4. The first-order chi connectivity index (χ1) is 11.6. The molecule has 4 rings (SSSR count).